The number of allylic oxidation sites excluding steroid dienone is 1. The monoisotopic (exact) mass is 241 g/mol. The van der Waals surface area contributed by atoms with Gasteiger partial charge in [0, 0.05) is 36.4 Å². The van der Waals surface area contributed by atoms with E-state index >= 15 is 0 Å². The predicted octanol–water partition coefficient (Wildman–Crippen LogP) is 1.90. The van der Waals surface area contributed by atoms with E-state index in [4.69, 9.17) is 5.11 Å². The van der Waals surface area contributed by atoms with Crippen molar-refractivity contribution in [2.45, 2.75) is 6.42 Å². The summed E-state index contributed by atoms with van der Waals surface area (Å²) < 4.78 is 0. The molecular formula is C14H11NO3. The molecule has 4 nitrogen and oxygen atoms in total. The van der Waals surface area contributed by atoms with Crippen LogP contribution in [0.25, 0.3) is 5.70 Å². The van der Waals surface area contributed by atoms with Crippen LogP contribution in [0.1, 0.15) is 22.3 Å². The minimum absolute atomic E-state index is 0.0562. The molecular weight excluding hydrogens is 230 g/mol. The number of carbonyl (C=O) groups is 2. The van der Waals surface area contributed by atoms with E-state index in [-0.39, 0.29) is 17.8 Å². The van der Waals surface area contributed by atoms with Gasteiger partial charge in [-0.1, -0.05) is 24.3 Å². The SMILES string of the molecule is CN1C=C(C(=O)O)CC2=C1c1ccccc1C2=O. The lowest BCUT2D eigenvalue weighted by atomic mass is 9.99. The second kappa shape index (κ2) is 3.57. The van der Waals surface area contributed by atoms with Crippen LogP contribution in [0.4, 0.5) is 0 Å². The van der Waals surface area contributed by atoms with Gasteiger partial charge in [-0.2, -0.15) is 0 Å². The molecule has 0 spiro atoms. The number of Topliss-reactive ketones (excluding diaryl/α,β-unsaturated/α-hetero) is 1. The van der Waals surface area contributed by atoms with Crippen molar-refractivity contribution in [1.82, 2.24) is 4.90 Å². The lowest BCUT2D eigenvalue weighted by Gasteiger charge is -2.23. The third kappa shape index (κ3) is 1.32. The fraction of sp³-hybridized carbons (Fsp3) is 0.143. The molecule has 1 aliphatic carbocycles. The summed E-state index contributed by atoms with van der Waals surface area (Å²) in [6.45, 7) is 0. The number of hydrogen-bond donors (Lipinski definition) is 1. The highest BCUT2D eigenvalue weighted by Gasteiger charge is 2.34. The minimum atomic E-state index is -0.975. The Kier molecular flexibility index (Phi) is 2.13. The first-order valence-corrected chi connectivity index (χ1v) is 5.63. The second-order valence-electron chi connectivity index (χ2n) is 4.45. The van der Waals surface area contributed by atoms with Crippen molar-refractivity contribution in [3.8, 4) is 0 Å². The molecule has 90 valence electrons. The maximum Gasteiger partial charge on any atom is 0.333 e. The largest absolute Gasteiger partial charge is 0.478 e. The van der Waals surface area contributed by atoms with E-state index in [0.717, 1.165) is 11.3 Å². The molecule has 4 heteroatoms. The van der Waals surface area contributed by atoms with E-state index in [0.29, 0.717) is 11.1 Å². The Labute approximate surface area is 104 Å². The predicted molar refractivity (Wildman–Crippen MR) is 65.8 cm³/mol. The van der Waals surface area contributed by atoms with Crippen LogP contribution < -0.4 is 0 Å². The second-order valence-corrected chi connectivity index (χ2v) is 4.45. The average molecular weight is 241 g/mol. The first kappa shape index (κ1) is 10.8. The molecule has 0 aromatic heterocycles. The van der Waals surface area contributed by atoms with Crippen LogP contribution >= 0.6 is 0 Å². The highest BCUT2D eigenvalue weighted by molar-refractivity contribution is 6.21. The molecule has 0 amide bonds. The zero-order chi connectivity index (χ0) is 12.9. The lowest BCUT2D eigenvalue weighted by molar-refractivity contribution is -0.132. The van der Waals surface area contributed by atoms with Gasteiger partial charge in [0.25, 0.3) is 0 Å². The summed E-state index contributed by atoms with van der Waals surface area (Å²) in [4.78, 5) is 25.0. The molecule has 2 aliphatic rings. The molecule has 1 N–H and O–H groups in total. The molecule has 1 aromatic rings. The van der Waals surface area contributed by atoms with E-state index in [1.54, 1.807) is 24.2 Å². The number of carbonyl (C=O) groups excluding carboxylic acids is 1. The summed E-state index contributed by atoms with van der Waals surface area (Å²) in [5.41, 5.74) is 3.21. The molecule has 0 saturated carbocycles. The highest BCUT2D eigenvalue weighted by Crippen LogP contribution is 2.40. The van der Waals surface area contributed by atoms with E-state index in [1.807, 2.05) is 18.2 Å². The van der Waals surface area contributed by atoms with Gasteiger partial charge in [-0.25, -0.2) is 4.79 Å². The van der Waals surface area contributed by atoms with Crippen molar-refractivity contribution in [3.63, 3.8) is 0 Å². The van der Waals surface area contributed by atoms with Crippen molar-refractivity contribution < 1.29 is 14.7 Å². The number of aliphatic carboxylic acids is 1. The smallest absolute Gasteiger partial charge is 0.333 e. The maximum absolute atomic E-state index is 12.2. The summed E-state index contributed by atoms with van der Waals surface area (Å²) >= 11 is 0. The molecule has 1 heterocycles. The maximum atomic E-state index is 12.2. The van der Waals surface area contributed by atoms with Crippen LogP contribution in [0.15, 0.2) is 41.6 Å². The summed E-state index contributed by atoms with van der Waals surface area (Å²) in [5.74, 6) is -1.03. The molecule has 0 atom stereocenters. The zero-order valence-electron chi connectivity index (χ0n) is 9.80. The molecule has 18 heavy (non-hydrogen) atoms. The summed E-state index contributed by atoms with van der Waals surface area (Å²) in [6.07, 6.45) is 1.78. The van der Waals surface area contributed by atoms with Crippen LogP contribution in [-0.2, 0) is 4.79 Å². The topological polar surface area (TPSA) is 57.6 Å². The van der Waals surface area contributed by atoms with E-state index in [1.165, 1.54) is 0 Å². The van der Waals surface area contributed by atoms with Gasteiger partial charge < -0.3 is 10.0 Å². The lowest BCUT2D eigenvalue weighted by Crippen LogP contribution is -2.19. The molecule has 1 aliphatic heterocycles. The van der Waals surface area contributed by atoms with Gasteiger partial charge in [-0.15, -0.1) is 0 Å². The number of benzene rings is 1. The van der Waals surface area contributed by atoms with Crippen molar-refractivity contribution >= 4 is 17.4 Å². The third-order valence-electron chi connectivity index (χ3n) is 3.33. The molecule has 0 radical (unpaired) electrons. The fourth-order valence-corrected chi connectivity index (χ4v) is 2.55. The summed E-state index contributed by atoms with van der Waals surface area (Å²) in [7, 11) is 1.77. The molecule has 0 unspecified atom stereocenters. The zero-order valence-corrected chi connectivity index (χ0v) is 9.80. The number of rotatable bonds is 1. The molecule has 3 rings (SSSR count). The Hall–Kier alpha value is -2.36. The van der Waals surface area contributed by atoms with Gasteiger partial charge in [-0.3, -0.25) is 4.79 Å². The molecule has 0 fully saturated rings. The van der Waals surface area contributed by atoms with Crippen LogP contribution in [0.3, 0.4) is 0 Å². The normalized spacial score (nSPS) is 17.5. The minimum Gasteiger partial charge on any atom is -0.478 e. The van der Waals surface area contributed by atoms with Crippen molar-refractivity contribution in [2.24, 2.45) is 0 Å². The quantitative estimate of drug-likeness (QED) is 0.815. The van der Waals surface area contributed by atoms with Gasteiger partial charge in [0.2, 0.25) is 0 Å². The van der Waals surface area contributed by atoms with E-state index < -0.39 is 5.97 Å². The Morgan fingerprint density at radius 2 is 1.94 bits per heavy atom. The standard InChI is InChI=1S/C14H11NO3/c1-15-7-8(14(17)18)6-11-12(15)9-4-2-3-5-10(9)13(11)16/h2-5,7H,6H2,1H3,(H,17,18). The number of fused-ring (bicyclic) bond motifs is 2. The van der Waals surface area contributed by atoms with E-state index in [2.05, 4.69) is 0 Å². The van der Waals surface area contributed by atoms with E-state index in [9.17, 15) is 9.59 Å². The number of carboxylic acid groups (broad SMARTS) is 1. The summed E-state index contributed by atoms with van der Waals surface area (Å²) in [6, 6.07) is 7.38. The number of hydrogen-bond acceptors (Lipinski definition) is 3. The van der Waals surface area contributed by atoms with Crippen LogP contribution in [-0.4, -0.2) is 28.8 Å². The Morgan fingerprint density at radius 1 is 1.28 bits per heavy atom. The molecule has 1 aromatic carbocycles. The number of nitrogens with zero attached hydrogens (tertiary/aromatic N) is 1. The Morgan fingerprint density at radius 3 is 2.61 bits per heavy atom. The van der Waals surface area contributed by atoms with Crippen LogP contribution in [0.5, 0.6) is 0 Å². The van der Waals surface area contributed by atoms with Gasteiger partial charge in [0.1, 0.15) is 0 Å². The van der Waals surface area contributed by atoms with Gasteiger partial charge in [0.05, 0.1) is 11.3 Å². The van der Waals surface area contributed by atoms with Crippen LogP contribution in [0, 0.1) is 0 Å². The third-order valence-corrected chi connectivity index (χ3v) is 3.33. The average Bonchev–Trinajstić information content (AvgIpc) is 2.64. The molecule has 0 bridgehead atoms. The number of ketones is 1. The highest BCUT2D eigenvalue weighted by atomic mass is 16.4. The van der Waals surface area contributed by atoms with Crippen molar-refractivity contribution in [1.29, 1.82) is 0 Å². The fourth-order valence-electron chi connectivity index (χ4n) is 2.55. The van der Waals surface area contributed by atoms with Crippen LogP contribution in [0.2, 0.25) is 0 Å². The number of carboxylic acids is 1. The first-order chi connectivity index (χ1) is 8.59. The first-order valence-electron chi connectivity index (χ1n) is 5.63. The Bertz CT molecular complexity index is 640. The molecule has 0 saturated heterocycles. The van der Waals surface area contributed by atoms with Crippen molar-refractivity contribution in [2.75, 3.05) is 7.05 Å². The van der Waals surface area contributed by atoms with Gasteiger partial charge in [-0.05, 0) is 0 Å². The van der Waals surface area contributed by atoms with Crippen molar-refractivity contribution in [3.05, 3.63) is 52.7 Å². The Balaban J connectivity index is 2.13. The summed E-state index contributed by atoms with van der Waals surface area (Å²) in [5, 5.41) is 9.05. The van der Waals surface area contributed by atoms with Gasteiger partial charge in [0.15, 0.2) is 5.78 Å². The van der Waals surface area contributed by atoms with Gasteiger partial charge >= 0.3 is 5.97 Å².